The summed E-state index contributed by atoms with van der Waals surface area (Å²) in [5, 5.41) is 9.84. The molecule has 3 heterocycles. The van der Waals surface area contributed by atoms with Crippen LogP contribution in [0.25, 0.3) is 22.6 Å². The molecule has 3 N–H and O–H groups in total. The topological polar surface area (TPSA) is 102 Å². The summed E-state index contributed by atoms with van der Waals surface area (Å²) in [5.41, 5.74) is 4.19. The average Bonchev–Trinajstić information content (AvgIpc) is 3.28. The second-order valence-electron chi connectivity index (χ2n) is 6.80. The quantitative estimate of drug-likeness (QED) is 0.652. The lowest BCUT2D eigenvalue weighted by molar-refractivity contribution is 0.0342. The highest BCUT2D eigenvalue weighted by Crippen LogP contribution is 2.26. The molecular formula is C18H23N7O2. The molecule has 0 bridgehead atoms. The first-order valence-electron chi connectivity index (χ1n) is 8.91. The Hall–Kier alpha value is -2.91. The Morgan fingerprint density at radius 1 is 1.33 bits per heavy atom. The fourth-order valence-electron chi connectivity index (χ4n) is 3.07. The summed E-state index contributed by atoms with van der Waals surface area (Å²) >= 11 is 0. The Labute approximate surface area is 156 Å². The van der Waals surface area contributed by atoms with Gasteiger partial charge in [-0.15, -0.1) is 0 Å². The zero-order valence-corrected chi connectivity index (χ0v) is 15.5. The highest BCUT2D eigenvalue weighted by Gasteiger charge is 2.16. The molecule has 0 aliphatic carbocycles. The molecule has 0 saturated carbocycles. The number of benzene rings is 1. The third-order valence-electron chi connectivity index (χ3n) is 4.57. The number of morpholine rings is 1. The minimum atomic E-state index is -0.221. The maximum Gasteiger partial charge on any atom is 0.321 e. The van der Waals surface area contributed by atoms with E-state index in [1.54, 1.807) is 20.3 Å². The molecule has 4 rings (SSSR count). The smallest absolute Gasteiger partial charge is 0.321 e. The number of H-pyrrole nitrogens is 2. The highest BCUT2D eigenvalue weighted by molar-refractivity contribution is 5.93. The van der Waals surface area contributed by atoms with Gasteiger partial charge in [-0.05, 0) is 17.7 Å². The van der Waals surface area contributed by atoms with E-state index in [9.17, 15) is 4.79 Å². The summed E-state index contributed by atoms with van der Waals surface area (Å²) in [6.45, 7) is 4.36. The van der Waals surface area contributed by atoms with Gasteiger partial charge in [0.25, 0.3) is 0 Å². The zero-order valence-electron chi connectivity index (χ0n) is 15.5. The summed E-state index contributed by atoms with van der Waals surface area (Å²) in [6.07, 6.45) is 1.65. The van der Waals surface area contributed by atoms with E-state index in [4.69, 9.17) is 4.74 Å². The average molecular weight is 369 g/mol. The van der Waals surface area contributed by atoms with Crippen LogP contribution in [0.2, 0.25) is 0 Å². The van der Waals surface area contributed by atoms with Crippen LogP contribution >= 0.6 is 0 Å². The lowest BCUT2D eigenvalue weighted by Crippen LogP contribution is -2.35. The van der Waals surface area contributed by atoms with Crippen LogP contribution in [0.15, 0.2) is 24.4 Å². The van der Waals surface area contributed by atoms with E-state index in [0.717, 1.165) is 43.9 Å². The molecule has 142 valence electrons. The number of aromatic nitrogens is 4. The number of fused-ring (bicyclic) bond motifs is 1. The van der Waals surface area contributed by atoms with Crippen molar-refractivity contribution < 1.29 is 9.53 Å². The number of nitrogens with zero attached hydrogens (tertiary/aromatic N) is 4. The van der Waals surface area contributed by atoms with Gasteiger partial charge in [0.05, 0.1) is 29.9 Å². The number of carbonyl (C=O) groups excluding carboxylic acids is 1. The molecule has 2 amide bonds. The number of ether oxygens (including phenoxy) is 1. The van der Waals surface area contributed by atoms with Crippen molar-refractivity contribution in [1.29, 1.82) is 0 Å². The maximum absolute atomic E-state index is 11.9. The van der Waals surface area contributed by atoms with Gasteiger partial charge in [0, 0.05) is 39.9 Å². The van der Waals surface area contributed by atoms with E-state index in [-0.39, 0.29) is 6.03 Å². The monoisotopic (exact) mass is 369 g/mol. The predicted octanol–water partition coefficient (Wildman–Crippen LogP) is 1.88. The van der Waals surface area contributed by atoms with Gasteiger partial charge in [0.2, 0.25) is 0 Å². The van der Waals surface area contributed by atoms with Crippen LogP contribution in [0.1, 0.15) is 5.56 Å². The second-order valence-corrected chi connectivity index (χ2v) is 6.80. The second kappa shape index (κ2) is 7.37. The lowest BCUT2D eigenvalue weighted by Gasteiger charge is -2.26. The van der Waals surface area contributed by atoms with Crippen LogP contribution in [-0.2, 0) is 11.3 Å². The molecule has 1 aliphatic rings. The van der Waals surface area contributed by atoms with Crippen LogP contribution in [0.3, 0.4) is 0 Å². The highest BCUT2D eigenvalue weighted by atomic mass is 16.5. The van der Waals surface area contributed by atoms with Gasteiger partial charge in [0.1, 0.15) is 0 Å². The number of rotatable bonds is 4. The number of imidazole rings is 1. The lowest BCUT2D eigenvalue weighted by atomic mass is 10.2. The van der Waals surface area contributed by atoms with Crippen molar-refractivity contribution in [1.82, 2.24) is 30.0 Å². The van der Waals surface area contributed by atoms with Crippen LogP contribution < -0.4 is 5.32 Å². The number of hydrogen-bond donors (Lipinski definition) is 3. The van der Waals surface area contributed by atoms with E-state index in [1.165, 1.54) is 10.5 Å². The van der Waals surface area contributed by atoms with Gasteiger partial charge in [0.15, 0.2) is 11.5 Å². The predicted molar refractivity (Wildman–Crippen MR) is 102 cm³/mol. The molecular weight excluding hydrogens is 346 g/mol. The molecule has 1 aliphatic heterocycles. The molecule has 27 heavy (non-hydrogen) atoms. The Morgan fingerprint density at radius 3 is 2.93 bits per heavy atom. The largest absolute Gasteiger partial charge is 0.379 e. The maximum atomic E-state index is 11.9. The van der Waals surface area contributed by atoms with E-state index in [2.05, 4.69) is 42.5 Å². The van der Waals surface area contributed by atoms with Gasteiger partial charge >= 0.3 is 6.03 Å². The van der Waals surface area contributed by atoms with Gasteiger partial charge in [-0.2, -0.15) is 5.10 Å². The van der Waals surface area contributed by atoms with Crippen molar-refractivity contribution in [3.8, 4) is 11.5 Å². The molecule has 0 unspecified atom stereocenters. The van der Waals surface area contributed by atoms with E-state index < -0.39 is 0 Å². The number of anilines is 1. The summed E-state index contributed by atoms with van der Waals surface area (Å²) < 4.78 is 5.40. The molecule has 0 radical (unpaired) electrons. The number of urea groups is 1. The first-order valence-corrected chi connectivity index (χ1v) is 8.91. The summed E-state index contributed by atoms with van der Waals surface area (Å²) in [4.78, 5) is 23.7. The molecule has 3 aromatic rings. The van der Waals surface area contributed by atoms with E-state index >= 15 is 0 Å². The van der Waals surface area contributed by atoms with E-state index in [1.807, 2.05) is 6.07 Å². The third kappa shape index (κ3) is 3.79. The Balaban J connectivity index is 1.57. The van der Waals surface area contributed by atoms with Crippen molar-refractivity contribution in [3.05, 3.63) is 30.0 Å². The Kier molecular flexibility index (Phi) is 4.78. The Bertz CT molecular complexity index is 940. The minimum absolute atomic E-state index is 0.221. The molecule has 1 fully saturated rings. The number of aromatic amines is 2. The third-order valence-corrected chi connectivity index (χ3v) is 4.57. The SMILES string of the molecule is CN(C)C(=O)Nc1c[nH]nc1-c1nc2cc(CN3CCOCC3)ccc2[nH]1. The minimum Gasteiger partial charge on any atom is -0.379 e. The van der Waals surface area contributed by atoms with Crippen molar-refractivity contribution in [2.45, 2.75) is 6.54 Å². The molecule has 2 aromatic heterocycles. The fourth-order valence-corrected chi connectivity index (χ4v) is 3.07. The van der Waals surface area contributed by atoms with Crippen LogP contribution in [0.4, 0.5) is 10.5 Å². The molecule has 9 heteroatoms. The first-order chi connectivity index (χ1) is 13.1. The van der Waals surface area contributed by atoms with Crippen molar-refractivity contribution in [3.63, 3.8) is 0 Å². The van der Waals surface area contributed by atoms with Crippen molar-refractivity contribution in [2.24, 2.45) is 0 Å². The van der Waals surface area contributed by atoms with Gasteiger partial charge in [-0.3, -0.25) is 10.00 Å². The molecule has 0 spiro atoms. The Morgan fingerprint density at radius 2 is 2.15 bits per heavy atom. The normalized spacial score (nSPS) is 15.2. The standard InChI is InChI=1S/C18H23N7O2/c1-24(2)18(26)22-15-10-19-23-16(15)17-20-13-4-3-12(9-14(13)21-17)11-25-5-7-27-8-6-25/h3-4,9-10H,5-8,11H2,1-2H3,(H,19,23)(H,20,21)(H,22,26). The van der Waals surface area contributed by atoms with Gasteiger partial charge in [-0.1, -0.05) is 6.07 Å². The summed E-state index contributed by atoms with van der Waals surface area (Å²) in [5.74, 6) is 0.615. The van der Waals surface area contributed by atoms with E-state index in [0.29, 0.717) is 17.2 Å². The number of carbonyl (C=O) groups is 1. The molecule has 1 saturated heterocycles. The van der Waals surface area contributed by atoms with Crippen LogP contribution in [0.5, 0.6) is 0 Å². The van der Waals surface area contributed by atoms with Crippen LogP contribution in [0, 0.1) is 0 Å². The molecule has 9 nitrogen and oxygen atoms in total. The van der Waals surface area contributed by atoms with Gasteiger partial charge < -0.3 is 19.9 Å². The fraction of sp³-hybridized carbons (Fsp3) is 0.389. The number of amides is 2. The first kappa shape index (κ1) is 17.5. The summed E-state index contributed by atoms with van der Waals surface area (Å²) in [6, 6.07) is 6.02. The van der Waals surface area contributed by atoms with Crippen molar-refractivity contribution in [2.75, 3.05) is 45.7 Å². The molecule has 1 aromatic carbocycles. The van der Waals surface area contributed by atoms with Crippen LogP contribution in [-0.4, -0.2) is 76.4 Å². The number of hydrogen-bond acceptors (Lipinski definition) is 5. The summed E-state index contributed by atoms with van der Waals surface area (Å²) in [7, 11) is 3.37. The van der Waals surface area contributed by atoms with Crippen molar-refractivity contribution >= 4 is 22.8 Å². The van der Waals surface area contributed by atoms with Gasteiger partial charge in [-0.25, -0.2) is 9.78 Å². The number of nitrogens with one attached hydrogen (secondary N) is 3. The molecule has 0 atom stereocenters. The zero-order chi connectivity index (χ0) is 18.8.